The average Bonchev–Trinajstić information content (AvgIpc) is 3.25. The topological polar surface area (TPSA) is 39.7 Å². The van der Waals surface area contributed by atoms with Crippen molar-refractivity contribution >= 4 is 5.91 Å². The van der Waals surface area contributed by atoms with Gasteiger partial charge in [-0.1, -0.05) is 6.07 Å². The van der Waals surface area contributed by atoms with Gasteiger partial charge in [-0.15, -0.1) is 0 Å². The summed E-state index contributed by atoms with van der Waals surface area (Å²) >= 11 is 0. The van der Waals surface area contributed by atoms with E-state index < -0.39 is 0 Å². The van der Waals surface area contributed by atoms with Gasteiger partial charge in [0.1, 0.15) is 0 Å². The molecule has 142 valence electrons. The highest BCUT2D eigenvalue weighted by Crippen LogP contribution is 2.39. The second-order valence-corrected chi connectivity index (χ2v) is 8.36. The number of carbonyl (C=O) groups excluding carboxylic acids is 1. The van der Waals surface area contributed by atoms with E-state index in [-0.39, 0.29) is 5.54 Å². The maximum atomic E-state index is 12.5. The number of hydrogen-bond donors (Lipinski definition) is 0. The fourth-order valence-electron chi connectivity index (χ4n) is 5.05. The number of hydrogen-bond acceptors (Lipinski definition) is 4. The minimum atomic E-state index is 0.132. The normalized spacial score (nSPS) is 24.0. The number of likely N-dealkylation sites (tertiary alicyclic amines) is 3. The van der Waals surface area contributed by atoms with Gasteiger partial charge in [0.05, 0.1) is 5.69 Å². The molecule has 4 rings (SSSR count). The zero-order valence-electron chi connectivity index (χ0n) is 16.1. The summed E-state index contributed by atoms with van der Waals surface area (Å²) in [6.07, 6.45) is 6.68. The van der Waals surface area contributed by atoms with E-state index in [0.29, 0.717) is 5.91 Å². The fourth-order valence-corrected chi connectivity index (χ4v) is 5.05. The van der Waals surface area contributed by atoms with Crippen LogP contribution in [-0.2, 0) is 11.3 Å². The third kappa shape index (κ3) is 3.79. The van der Waals surface area contributed by atoms with Gasteiger partial charge in [0.25, 0.3) is 0 Å². The summed E-state index contributed by atoms with van der Waals surface area (Å²) in [5, 5.41) is 0. The summed E-state index contributed by atoms with van der Waals surface area (Å²) in [7, 11) is 0. The number of rotatable bonds is 5. The number of piperidine rings is 1. The van der Waals surface area contributed by atoms with E-state index in [1.54, 1.807) is 0 Å². The molecule has 0 N–H and O–H groups in total. The van der Waals surface area contributed by atoms with Crippen LogP contribution in [0.15, 0.2) is 18.2 Å². The van der Waals surface area contributed by atoms with Crippen molar-refractivity contribution in [2.45, 2.75) is 57.5 Å². The van der Waals surface area contributed by atoms with E-state index in [2.05, 4.69) is 44.8 Å². The molecule has 0 unspecified atom stereocenters. The fraction of sp³-hybridized carbons (Fsp3) is 0.714. The van der Waals surface area contributed by atoms with Crippen LogP contribution in [0.4, 0.5) is 0 Å². The van der Waals surface area contributed by atoms with Gasteiger partial charge in [-0.25, -0.2) is 0 Å². The van der Waals surface area contributed by atoms with Gasteiger partial charge in [-0.2, -0.15) is 0 Å². The van der Waals surface area contributed by atoms with E-state index in [1.807, 2.05) is 0 Å². The highest BCUT2D eigenvalue weighted by atomic mass is 16.2. The quantitative estimate of drug-likeness (QED) is 0.812. The van der Waals surface area contributed by atoms with Gasteiger partial charge in [0.15, 0.2) is 0 Å². The standard InChI is InChI=1S/C21H32N4O/c1-18-5-4-6-19(22-18)17-24-13-9-21(10-14-24)8-7-20(26)25(21)16-15-23-11-2-3-12-23/h4-6H,2-3,7-17H2,1H3. The Hall–Kier alpha value is -1.46. The minimum absolute atomic E-state index is 0.132. The van der Waals surface area contributed by atoms with Crippen LogP contribution in [0.3, 0.4) is 0 Å². The van der Waals surface area contributed by atoms with Crippen molar-refractivity contribution in [3.05, 3.63) is 29.6 Å². The Bertz CT molecular complexity index is 633. The number of pyridine rings is 1. The molecule has 4 heterocycles. The van der Waals surface area contributed by atoms with E-state index in [1.165, 1.54) is 25.9 Å². The molecule has 1 aromatic heterocycles. The van der Waals surface area contributed by atoms with Gasteiger partial charge >= 0.3 is 0 Å². The third-order valence-corrected chi connectivity index (χ3v) is 6.63. The highest BCUT2D eigenvalue weighted by molar-refractivity contribution is 5.79. The van der Waals surface area contributed by atoms with Crippen LogP contribution in [0.25, 0.3) is 0 Å². The first-order valence-corrected chi connectivity index (χ1v) is 10.3. The lowest BCUT2D eigenvalue weighted by Crippen LogP contribution is -2.54. The Morgan fingerprint density at radius 1 is 1.00 bits per heavy atom. The van der Waals surface area contributed by atoms with Crippen LogP contribution >= 0.6 is 0 Å². The Kier molecular flexibility index (Phi) is 5.28. The van der Waals surface area contributed by atoms with Crippen molar-refractivity contribution in [1.82, 2.24) is 19.7 Å². The molecule has 1 spiro atoms. The molecular weight excluding hydrogens is 324 g/mol. The lowest BCUT2D eigenvalue weighted by Gasteiger charge is -2.45. The Morgan fingerprint density at radius 3 is 2.50 bits per heavy atom. The van der Waals surface area contributed by atoms with Crippen molar-refractivity contribution in [2.75, 3.05) is 39.3 Å². The van der Waals surface area contributed by atoms with Crippen molar-refractivity contribution < 1.29 is 4.79 Å². The summed E-state index contributed by atoms with van der Waals surface area (Å²) in [6, 6.07) is 6.27. The van der Waals surface area contributed by atoms with Gasteiger partial charge in [-0.3, -0.25) is 14.7 Å². The molecule has 3 aliphatic heterocycles. The molecule has 0 aliphatic carbocycles. The molecule has 0 radical (unpaired) electrons. The van der Waals surface area contributed by atoms with E-state index in [4.69, 9.17) is 0 Å². The molecular formula is C21H32N4O. The van der Waals surface area contributed by atoms with Gasteiger partial charge in [0.2, 0.25) is 5.91 Å². The van der Waals surface area contributed by atoms with E-state index >= 15 is 0 Å². The summed E-state index contributed by atoms with van der Waals surface area (Å²) in [6.45, 7) is 9.55. The SMILES string of the molecule is Cc1cccc(CN2CCC3(CCC(=O)N3CCN3CCCC3)CC2)n1. The number of aryl methyl sites for hydroxylation is 1. The highest BCUT2D eigenvalue weighted by Gasteiger charge is 2.46. The molecule has 3 fully saturated rings. The molecule has 3 saturated heterocycles. The predicted octanol–water partition coefficient (Wildman–Crippen LogP) is 2.44. The van der Waals surface area contributed by atoms with Crippen molar-refractivity contribution in [2.24, 2.45) is 0 Å². The molecule has 0 aromatic carbocycles. The zero-order valence-corrected chi connectivity index (χ0v) is 16.1. The monoisotopic (exact) mass is 356 g/mol. The molecule has 0 bridgehead atoms. The number of amides is 1. The van der Waals surface area contributed by atoms with Crippen LogP contribution in [0.1, 0.15) is 49.9 Å². The molecule has 1 aromatic rings. The maximum Gasteiger partial charge on any atom is 0.223 e. The maximum absolute atomic E-state index is 12.5. The Labute approximate surface area is 157 Å². The van der Waals surface area contributed by atoms with Gasteiger partial charge < -0.3 is 9.80 Å². The van der Waals surface area contributed by atoms with Gasteiger partial charge in [-0.05, 0) is 64.3 Å². The third-order valence-electron chi connectivity index (χ3n) is 6.63. The van der Waals surface area contributed by atoms with Crippen LogP contribution in [-0.4, -0.2) is 70.4 Å². The summed E-state index contributed by atoms with van der Waals surface area (Å²) in [5.41, 5.74) is 2.38. The van der Waals surface area contributed by atoms with Crippen molar-refractivity contribution in [1.29, 1.82) is 0 Å². The number of carbonyl (C=O) groups is 1. The molecule has 1 amide bonds. The zero-order chi connectivity index (χ0) is 18.0. The summed E-state index contributed by atoms with van der Waals surface area (Å²) < 4.78 is 0. The van der Waals surface area contributed by atoms with Crippen molar-refractivity contribution in [3.8, 4) is 0 Å². The van der Waals surface area contributed by atoms with E-state index in [9.17, 15) is 4.79 Å². The number of aromatic nitrogens is 1. The van der Waals surface area contributed by atoms with Crippen molar-refractivity contribution in [3.63, 3.8) is 0 Å². The molecule has 26 heavy (non-hydrogen) atoms. The Morgan fingerprint density at radius 2 is 1.77 bits per heavy atom. The first kappa shape index (κ1) is 17.9. The Balaban J connectivity index is 1.34. The largest absolute Gasteiger partial charge is 0.336 e. The predicted molar refractivity (Wildman–Crippen MR) is 103 cm³/mol. The summed E-state index contributed by atoms with van der Waals surface area (Å²) in [5.74, 6) is 0.387. The molecule has 3 aliphatic rings. The molecule has 0 atom stereocenters. The van der Waals surface area contributed by atoms with E-state index in [0.717, 1.165) is 69.8 Å². The van der Waals surface area contributed by atoms with Crippen LogP contribution in [0.2, 0.25) is 0 Å². The molecule has 5 nitrogen and oxygen atoms in total. The minimum Gasteiger partial charge on any atom is -0.336 e. The van der Waals surface area contributed by atoms with Crippen LogP contribution in [0.5, 0.6) is 0 Å². The summed E-state index contributed by atoms with van der Waals surface area (Å²) in [4.78, 5) is 24.5. The molecule has 0 saturated carbocycles. The van der Waals surface area contributed by atoms with Crippen LogP contribution in [0, 0.1) is 6.92 Å². The average molecular weight is 357 g/mol. The molecule has 5 heteroatoms. The smallest absolute Gasteiger partial charge is 0.223 e. The lowest BCUT2D eigenvalue weighted by atomic mass is 9.85. The first-order chi connectivity index (χ1) is 12.6. The van der Waals surface area contributed by atoms with Crippen LogP contribution < -0.4 is 0 Å². The lowest BCUT2D eigenvalue weighted by molar-refractivity contribution is -0.132. The number of nitrogens with zero attached hydrogens (tertiary/aromatic N) is 4. The second-order valence-electron chi connectivity index (χ2n) is 8.36. The first-order valence-electron chi connectivity index (χ1n) is 10.3. The van der Waals surface area contributed by atoms with Gasteiger partial charge in [0, 0.05) is 50.4 Å². The second kappa shape index (κ2) is 7.65.